The van der Waals surface area contributed by atoms with Crippen molar-refractivity contribution in [2.75, 3.05) is 37.6 Å². The Balaban J connectivity index is 1.63. The first kappa shape index (κ1) is 20.8. The summed E-state index contributed by atoms with van der Waals surface area (Å²) in [4.78, 5) is 25.9. The maximum absolute atomic E-state index is 12.9. The highest BCUT2D eigenvalue weighted by molar-refractivity contribution is 5.63. The molecule has 2 aromatic carbocycles. The van der Waals surface area contributed by atoms with Crippen molar-refractivity contribution in [2.45, 2.75) is 12.1 Å². The lowest BCUT2D eigenvalue weighted by molar-refractivity contribution is -0.384. The summed E-state index contributed by atoms with van der Waals surface area (Å²) in [6, 6.07) is 11.3. The maximum Gasteiger partial charge on any atom is 0.416 e. The number of aldehydes is 1. The van der Waals surface area contributed by atoms with E-state index in [1.165, 1.54) is 18.2 Å². The molecule has 1 unspecified atom stereocenters. The summed E-state index contributed by atoms with van der Waals surface area (Å²) in [5.74, 6) is -0.505. The minimum Gasteiger partial charge on any atom is -0.369 e. The number of nitro groups is 1. The minimum atomic E-state index is -4.38. The lowest BCUT2D eigenvalue weighted by Crippen LogP contribution is -2.47. The molecule has 0 amide bonds. The van der Waals surface area contributed by atoms with Crippen LogP contribution in [0.5, 0.6) is 0 Å². The van der Waals surface area contributed by atoms with Gasteiger partial charge in [0.1, 0.15) is 6.29 Å². The van der Waals surface area contributed by atoms with Gasteiger partial charge in [0.25, 0.3) is 5.69 Å². The number of benzene rings is 2. The number of carbonyl (C=O) groups excluding carboxylic acids is 1. The number of hydrogen-bond acceptors (Lipinski definition) is 5. The predicted octanol–water partition coefficient (Wildman–Crippen LogP) is 3.72. The second-order valence-corrected chi connectivity index (χ2v) is 6.93. The monoisotopic (exact) mass is 407 g/mol. The van der Waals surface area contributed by atoms with Crippen LogP contribution in [-0.2, 0) is 11.0 Å². The fourth-order valence-corrected chi connectivity index (χ4v) is 3.44. The third-order valence-electron chi connectivity index (χ3n) is 5.04. The molecule has 0 spiro atoms. The third kappa shape index (κ3) is 5.11. The molecule has 1 atom stereocenters. The van der Waals surface area contributed by atoms with Gasteiger partial charge in [-0.05, 0) is 23.8 Å². The van der Waals surface area contributed by atoms with E-state index < -0.39 is 22.6 Å². The van der Waals surface area contributed by atoms with Gasteiger partial charge in [-0.1, -0.05) is 18.2 Å². The van der Waals surface area contributed by atoms with Crippen LogP contribution in [0, 0.1) is 10.1 Å². The molecule has 29 heavy (non-hydrogen) atoms. The van der Waals surface area contributed by atoms with Gasteiger partial charge in [0.05, 0.1) is 16.4 Å². The first-order valence-electron chi connectivity index (χ1n) is 9.12. The standard InChI is InChI=1S/C20H20F3N3O3/c21-20(22,23)17-4-2-5-18(12-17)25-9-7-24(8-10-25)13-16(14-27)15-3-1-6-19(11-15)26(28)29/h1-6,11-12,14,16H,7-10,13H2. The molecule has 3 rings (SSSR count). The van der Waals surface area contributed by atoms with E-state index in [0.717, 1.165) is 18.4 Å². The summed E-state index contributed by atoms with van der Waals surface area (Å²) < 4.78 is 38.8. The molecule has 1 fully saturated rings. The number of hydrogen-bond donors (Lipinski definition) is 0. The molecule has 0 N–H and O–H groups in total. The summed E-state index contributed by atoms with van der Waals surface area (Å²) >= 11 is 0. The first-order valence-corrected chi connectivity index (χ1v) is 9.12. The number of rotatable bonds is 6. The Labute approximate surface area is 165 Å². The zero-order chi connectivity index (χ0) is 21.0. The summed E-state index contributed by atoms with van der Waals surface area (Å²) in [5.41, 5.74) is 0.354. The van der Waals surface area contributed by atoms with Crippen LogP contribution in [0.25, 0.3) is 0 Å². The molecular weight excluding hydrogens is 387 g/mol. The van der Waals surface area contributed by atoms with E-state index in [1.54, 1.807) is 18.2 Å². The highest BCUT2D eigenvalue weighted by atomic mass is 19.4. The summed E-state index contributed by atoms with van der Waals surface area (Å²) in [5, 5.41) is 10.9. The summed E-state index contributed by atoms with van der Waals surface area (Å²) in [6.45, 7) is 2.62. The minimum absolute atomic E-state index is 0.0660. The fraction of sp³-hybridized carbons (Fsp3) is 0.350. The van der Waals surface area contributed by atoms with Crippen molar-refractivity contribution in [3.05, 3.63) is 69.8 Å². The van der Waals surface area contributed by atoms with Crippen molar-refractivity contribution in [3.63, 3.8) is 0 Å². The van der Waals surface area contributed by atoms with E-state index in [1.807, 2.05) is 9.80 Å². The number of piperazine rings is 1. The van der Waals surface area contributed by atoms with Crippen molar-refractivity contribution < 1.29 is 22.9 Å². The molecule has 0 radical (unpaired) electrons. The molecule has 0 aliphatic carbocycles. The lowest BCUT2D eigenvalue weighted by Gasteiger charge is -2.37. The highest BCUT2D eigenvalue weighted by Gasteiger charge is 2.31. The molecule has 0 aromatic heterocycles. The number of nitro benzene ring substituents is 1. The Morgan fingerprint density at radius 3 is 2.38 bits per heavy atom. The van der Waals surface area contributed by atoms with Crippen molar-refractivity contribution in [3.8, 4) is 0 Å². The fourth-order valence-electron chi connectivity index (χ4n) is 3.44. The summed E-state index contributed by atoms with van der Waals surface area (Å²) in [6.07, 6.45) is -3.61. The van der Waals surface area contributed by atoms with E-state index in [9.17, 15) is 28.1 Å². The topological polar surface area (TPSA) is 66.7 Å². The van der Waals surface area contributed by atoms with Crippen LogP contribution in [0.1, 0.15) is 17.0 Å². The summed E-state index contributed by atoms with van der Waals surface area (Å²) in [7, 11) is 0. The van der Waals surface area contributed by atoms with Crippen LogP contribution in [0.3, 0.4) is 0 Å². The second-order valence-electron chi connectivity index (χ2n) is 6.93. The molecule has 1 aliphatic rings. The van der Waals surface area contributed by atoms with Crippen LogP contribution in [0.15, 0.2) is 48.5 Å². The van der Waals surface area contributed by atoms with E-state index in [-0.39, 0.29) is 5.69 Å². The largest absolute Gasteiger partial charge is 0.416 e. The van der Waals surface area contributed by atoms with Crippen LogP contribution in [-0.4, -0.2) is 48.8 Å². The number of non-ortho nitro benzene ring substituents is 1. The quantitative estimate of drug-likeness (QED) is 0.415. The average molecular weight is 407 g/mol. The van der Waals surface area contributed by atoms with Gasteiger partial charge in [0.2, 0.25) is 0 Å². The van der Waals surface area contributed by atoms with Crippen molar-refractivity contribution in [1.29, 1.82) is 0 Å². The van der Waals surface area contributed by atoms with Crippen LogP contribution >= 0.6 is 0 Å². The molecule has 0 saturated carbocycles. The third-order valence-corrected chi connectivity index (χ3v) is 5.04. The normalized spacial score (nSPS) is 16.4. The van der Waals surface area contributed by atoms with Crippen molar-refractivity contribution >= 4 is 17.7 Å². The van der Waals surface area contributed by atoms with Gasteiger partial charge in [-0.3, -0.25) is 15.0 Å². The Hall–Kier alpha value is -2.94. The second kappa shape index (κ2) is 8.60. The molecule has 9 heteroatoms. The number of nitrogens with zero attached hydrogens (tertiary/aromatic N) is 3. The molecular formula is C20H20F3N3O3. The van der Waals surface area contributed by atoms with Gasteiger partial charge < -0.3 is 9.69 Å². The van der Waals surface area contributed by atoms with Gasteiger partial charge in [-0.15, -0.1) is 0 Å². The Morgan fingerprint density at radius 1 is 1.07 bits per heavy atom. The van der Waals surface area contributed by atoms with Crippen molar-refractivity contribution in [1.82, 2.24) is 4.90 Å². The number of alkyl halides is 3. The van der Waals surface area contributed by atoms with E-state index in [4.69, 9.17) is 0 Å². The Morgan fingerprint density at radius 2 is 1.76 bits per heavy atom. The molecule has 1 heterocycles. The molecule has 6 nitrogen and oxygen atoms in total. The zero-order valence-corrected chi connectivity index (χ0v) is 15.5. The van der Waals surface area contributed by atoms with E-state index in [2.05, 4.69) is 0 Å². The smallest absolute Gasteiger partial charge is 0.369 e. The van der Waals surface area contributed by atoms with Gasteiger partial charge >= 0.3 is 6.18 Å². The van der Waals surface area contributed by atoms with Crippen LogP contribution in [0.4, 0.5) is 24.5 Å². The molecule has 0 bridgehead atoms. The first-order chi connectivity index (χ1) is 13.8. The maximum atomic E-state index is 12.9. The van der Waals surface area contributed by atoms with Gasteiger partial charge in [0, 0.05) is 50.5 Å². The van der Waals surface area contributed by atoms with Crippen molar-refractivity contribution in [2.24, 2.45) is 0 Å². The Bertz CT molecular complexity index is 881. The lowest BCUT2D eigenvalue weighted by atomic mass is 9.99. The predicted molar refractivity (Wildman–Crippen MR) is 102 cm³/mol. The van der Waals surface area contributed by atoms with Gasteiger partial charge in [-0.2, -0.15) is 13.2 Å². The SMILES string of the molecule is O=CC(CN1CCN(c2cccc(C(F)(F)F)c2)CC1)c1cccc([N+](=O)[O-])c1. The number of anilines is 1. The Kier molecular flexibility index (Phi) is 6.17. The van der Waals surface area contributed by atoms with E-state index in [0.29, 0.717) is 44.0 Å². The van der Waals surface area contributed by atoms with E-state index >= 15 is 0 Å². The number of carbonyl (C=O) groups is 1. The van der Waals surface area contributed by atoms with Gasteiger partial charge in [0.15, 0.2) is 0 Å². The molecule has 1 saturated heterocycles. The van der Waals surface area contributed by atoms with Gasteiger partial charge in [-0.25, -0.2) is 0 Å². The van der Waals surface area contributed by atoms with Crippen LogP contribution in [0.2, 0.25) is 0 Å². The molecule has 1 aliphatic heterocycles. The van der Waals surface area contributed by atoms with Crippen LogP contribution < -0.4 is 4.90 Å². The number of halogens is 3. The molecule has 154 valence electrons. The highest BCUT2D eigenvalue weighted by Crippen LogP contribution is 2.32. The average Bonchev–Trinajstić information content (AvgIpc) is 2.72. The molecule has 2 aromatic rings. The zero-order valence-electron chi connectivity index (χ0n) is 15.5.